The molecule has 2 rings (SSSR count). The lowest BCUT2D eigenvalue weighted by molar-refractivity contribution is 0.0690. The van der Waals surface area contributed by atoms with E-state index in [4.69, 9.17) is 5.11 Å². The average molecular weight is 259 g/mol. The van der Waals surface area contributed by atoms with E-state index in [-0.39, 0.29) is 5.69 Å². The molecule has 0 saturated heterocycles. The molecule has 4 heteroatoms. The van der Waals surface area contributed by atoms with E-state index in [2.05, 4.69) is 24.0 Å². The fourth-order valence-corrected chi connectivity index (χ4v) is 2.46. The SMILES string of the molecule is Cc1ccccc1CSc1ccc(C(=O)O)nc1. The predicted octanol–water partition coefficient (Wildman–Crippen LogP) is 3.38. The Bertz CT molecular complexity index is 552. The molecule has 0 radical (unpaired) electrons. The van der Waals surface area contributed by atoms with Crippen LogP contribution in [0.5, 0.6) is 0 Å². The molecule has 1 aromatic heterocycles. The maximum atomic E-state index is 10.7. The minimum Gasteiger partial charge on any atom is -0.477 e. The molecule has 0 saturated carbocycles. The summed E-state index contributed by atoms with van der Waals surface area (Å²) in [6, 6.07) is 11.5. The van der Waals surface area contributed by atoms with Crippen molar-refractivity contribution in [1.82, 2.24) is 4.98 Å². The molecule has 3 nitrogen and oxygen atoms in total. The van der Waals surface area contributed by atoms with Gasteiger partial charge < -0.3 is 5.11 Å². The number of aromatic nitrogens is 1. The molecule has 0 aliphatic carbocycles. The number of benzene rings is 1. The van der Waals surface area contributed by atoms with E-state index in [9.17, 15) is 4.79 Å². The van der Waals surface area contributed by atoms with Gasteiger partial charge in [0.05, 0.1) is 0 Å². The van der Waals surface area contributed by atoms with Crippen molar-refractivity contribution in [2.75, 3.05) is 0 Å². The Morgan fingerprint density at radius 1 is 1.28 bits per heavy atom. The van der Waals surface area contributed by atoms with Crippen LogP contribution in [0.1, 0.15) is 21.6 Å². The molecule has 0 aliphatic heterocycles. The van der Waals surface area contributed by atoms with Gasteiger partial charge in [0.1, 0.15) is 5.69 Å². The monoisotopic (exact) mass is 259 g/mol. The smallest absolute Gasteiger partial charge is 0.354 e. The second-order valence-electron chi connectivity index (χ2n) is 3.90. The fraction of sp³-hybridized carbons (Fsp3) is 0.143. The van der Waals surface area contributed by atoms with E-state index < -0.39 is 5.97 Å². The van der Waals surface area contributed by atoms with Crippen molar-refractivity contribution in [3.8, 4) is 0 Å². The van der Waals surface area contributed by atoms with Gasteiger partial charge in [-0.3, -0.25) is 0 Å². The van der Waals surface area contributed by atoms with Crippen molar-refractivity contribution in [1.29, 1.82) is 0 Å². The van der Waals surface area contributed by atoms with E-state index in [0.717, 1.165) is 10.6 Å². The molecule has 18 heavy (non-hydrogen) atoms. The van der Waals surface area contributed by atoms with E-state index in [1.807, 2.05) is 12.1 Å². The van der Waals surface area contributed by atoms with Crippen molar-refractivity contribution in [2.24, 2.45) is 0 Å². The largest absolute Gasteiger partial charge is 0.477 e. The number of nitrogens with zero attached hydrogens (tertiary/aromatic N) is 1. The number of aryl methyl sites for hydroxylation is 1. The van der Waals surface area contributed by atoms with Gasteiger partial charge >= 0.3 is 5.97 Å². The minimum atomic E-state index is -0.995. The van der Waals surface area contributed by atoms with Crippen LogP contribution in [-0.4, -0.2) is 16.1 Å². The quantitative estimate of drug-likeness (QED) is 0.855. The Hall–Kier alpha value is -1.81. The van der Waals surface area contributed by atoms with Crippen molar-refractivity contribution in [3.63, 3.8) is 0 Å². The molecular formula is C14H13NO2S. The zero-order valence-corrected chi connectivity index (χ0v) is 10.8. The highest BCUT2D eigenvalue weighted by Crippen LogP contribution is 2.23. The third kappa shape index (κ3) is 3.11. The Morgan fingerprint density at radius 3 is 2.67 bits per heavy atom. The Labute approximate surface area is 110 Å². The van der Waals surface area contributed by atoms with Gasteiger partial charge in [0, 0.05) is 16.8 Å². The van der Waals surface area contributed by atoms with Gasteiger partial charge in [-0.1, -0.05) is 24.3 Å². The van der Waals surface area contributed by atoms with Gasteiger partial charge in [0.15, 0.2) is 0 Å². The highest BCUT2D eigenvalue weighted by Gasteiger charge is 2.04. The predicted molar refractivity (Wildman–Crippen MR) is 71.9 cm³/mol. The van der Waals surface area contributed by atoms with E-state index in [0.29, 0.717) is 0 Å². The van der Waals surface area contributed by atoms with Crippen LogP contribution in [0.2, 0.25) is 0 Å². The molecule has 0 amide bonds. The molecule has 1 N–H and O–H groups in total. The highest BCUT2D eigenvalue weighted by molar-refractivity contribution is 7.98. The second-order valence-corrected chi connectivity index (χ2v) is 4.95. The van der Waals surface area contributed by atoms with Crippen molar-refractivity contribution in [2.45, 2.75) is 17.6 Å². The van der Waals surface area contributed by atoms with E-state index >= 15 is 0 Å². The molecule has 1 aromatic carbocycles. The summed E-state index contributed by atoms with van der Waals surface area (Å²) < 4.78 is 0. The molecule has 92 valence electrons. The van der Waals surface area contributed by atoms with Crippen LogP contribution < -0.4 is 0 Å². The van der Waals surface area contributed by atoms with Crippen molar-refractivity contribution >= 4 is 17.7 Å². The lowest BCUT2D eigenvalue weighted by Gasteiger charge is -2.05. The third-order valence-electron chi connectivity index (χ3n) is 2.61. The number of aromatic carboxylic acids is 1. The molecule has 2 aromatic rings. The molecule has 0 spiro atoms. The number of carboxylic acid groups (broad SMARTS) is 1. The molecule has 0 bridgehead atoms. The van der Waals surface area contributed by atoms with E-state index in [1.54, 1.807) is 24.0 Å². The zero-order valence-electron chi connectivity index (χ0n) is 9.96. The zero-order chi connectivity index (χ0) is 13.0. The summed E-state index contributed by atoms with van der Waals surface area (Å²) in [6.07, 6.45) is 1.60. The second kappa shape index (κ2) is 5.69. The third-order valence-corrected chi connectivity index (χ3v) is 3.64. The molecule has 0 fully saturated rings. The van der Waals surface area contributed by atoms with Crippen LogP contribution in [0.3, 0.4) is 0 Å². The average Bonchev–Trinajstić information content (AvgIpc) is 2.38. The lowest BCUT2D eigenvalue weighted by Crippen LogP contribution is -1.98. The Morgan fingerprint density at radius 2 is 2.06 bits per heavy atom. The highest BCUT2D eigenvalue weighted by atomic mass is 32.2. The summed E-state index contributed by atoms with van der Waals surface area (Å²) in [5.41, 5.74) is 2.63. The first-order chi connectivity index (χ1) is 8.66. The first-order valence-corrected chi connectivity index (χ1v) is 6.52. The first-order valence-electron chi connectivity index (χ1n) is 5.53. The number of pyridine rings is 1. The number of carboxylic acids is 1. The molecule has 1 heterocycles. The summed E-state index contributed by atoms with van der Waals surface area (Å²) in [5.74, 6) is -0.133. The number of hydrogen-bond acceptors (Lipinski definition) is 3. The topological polar surface area (TPSA) is 50.2 Å². The summed E-state index contributed by atoms with van der Waals surface area (Å²) in [4.78, 5) is 15.5. The standard InChI is InChI=1S/C14H13NO2S/c1-10-4-2-3-5-11(10)9-18-12-6-7-13(14(16)17)15-8-12/h2-8H,9H2,1H3,(H,16,17). The van der Waals surface area contributed by atoms with Gasteiger partial charge in [0.25, 0.3) is 0 Å². The summed E-state index contributed by atoms with van der Waals surface area (Å²) >= 11 is 1.65. The van der Waals surface area contributed by atoms with Gasteiger partial charge in [-0.25, -0.2) is 9.78 Å². The number of rotatable bonds is 4. The Kier molecular flexibility index (Phi) is 3.99. The van der Waals surface area contributed by atoms with Gasteiger partial charge in [-0.15, -0.1) is 11.8 Å². The number of carbonyl (C=O) groups is 1. The van der Waals surface area contributed by atoms with Crippen molar-refractivity contribution in [3.05, 3.63) is 59.4 Å². The van der Waals surface area contributed by atoms with Gasteiger partial charge in [0.2, 0.25) is 0 Å². The lowest BCUT2D eigenvalue weighted by atomic mass is 10.1. The van der Waals surface area contributed by atoms with Crippen LogP contribution in [0.25, 0.3) is 0 Å². The van der Waals surface area contributed by atoms with Crippen LogP contribution in [0.15, 0.2) is 47.5 Å². The van der Waals surface area contributed by atoms with Crippen LogP contribution in [0.4, 0.5) is 0 Å². The summed E-state index contributed by atoms with van der Waals surface area (Å²) in [7, 11) is 0. The Balaban J connectivity index is 2.02. The first kappa shape index (κ1) is 12.6. The van der Waals surface area contributed by atoms with Gasteiger partial charge in [-0.2, -0.15) is 0 Å². The normalized spacial score (nSPS) is 10.3. The summed E-state index contributed by atoms with van der Waals surface area (Å²) in [6.45, 7) is 2.08. The van der Waals surface area contributed by atoms with Gasteiger partial charge in [-0.05, 0) is 30.2 Å². The molecule has 0 aliphatic rings. The van der Waals surface area contributed by atoms with Crippen LogP contribution >= 0.6 is 11.8 Å². The van der Waals surface area contributed by atoms with Crippen LogP contribution in [0, 0.1) is 6.92 Å². The molecule has 0 unspecified atom stereocenters. The number of hydrogen-bond donors (Lipinski definition) is 1. The van der Waals surface area contributed by atoms with E-state index in [1.165, 1.54) is 17.2 Å². The molecule has 0 atom stereocenters. The van der Waals surface area contributed by atoms with Crippen LogP contribution in [-0.2, 0) is 5.75 Å². The fourth-order valence-electron chi connectivity index (χ4n) is 1.53. The van der Waals surface area contributed by atoms with Crippen molar-refractivity contribution < 1.29 is 9.90 Å². The maximum Gasteiger partial charge on any atom is 0.354 e. The molecular weight excluding hydrogens is 246 g/mol. The minimum absolute atomic E-state index is 0.0789. The number of thioether (sulfide) groups is 1. The maximum absolute atomic E-state index is 10.7. The summed E-state index contributed by atoms with van der Waals surface area (Å²) in [5, 5.41) is 8.75.